The predicted molar refractivity (Wildman–Crippen MR) is 115 cm³/mol. The van der Waals surface area contributed by atoms with Crippen molar-refractivity contribution in [2.75, 3.05) is 50.4 Å². The minimum Gasteiger partial charge on any atom is -0.361 e. The van der Waals surface area contributed by atoms with Gasteiger partial charge >= 0.3 is 6.03 Å². The molecule has 1 aromatic carbocycles. The third kappa shape index (κ3) is 4.27. The van der Waals surface area contributed by atoms with Crippen LogP contribution in [-0.4, -0.2) is 72.3 Å². The van der Waals surface area contributed by atoms with Crippen LogP contribution in [0.3, 0.4) is 0 Å². The van der Waals surface area contributed by atoms with E-state index >= 15 is 0 Å². The fraction of sp³-hybridized carbons (Fsp3) is 0.286. The molecule has 2 aromatic rings. The molecule has 0 spiro atoms. The lowest BCUT2D eigenvalue weighted by Crippen LogP contribution is -2.46. The molecule has 9 nitrogen and oxygen atoms in total. The number of hydrogen-bond donors (Lipinski definition) is 4. The summed E-state index contributed by atoms with van der Waals surface area (Å²) in [4.78, 5) is 43.6. The number of hydrogen-bond acceptors (Lipinski definition) is 5. The molecule has 4 rings (SSSR count). The number of anilines is 2. The highest BCUT2D eigenvalue weighted by atomic mass is 16.2. The standard InChI is InChI=1S/C21H24N6O3/c1-26-4-6-27(7-5-26)12-19(28)13-8-15(23-11-13)10-17-16-9-14(24-21(22)30)2-3-18(16)25-20(17)29/h2-3,8-11,23H,4-7,12H2,1H3,(H,25,29)(H3,22,24,30). The third-order valence-electron chi connectivity index (χ3n) is 5.36. The second-order valence-electron chi connectivity index (χ2n) is 7.61. The minimum atomic E-state index is -0.675. The van der Waals surface area contributed by atoms with Gasteiger partial charge in [-0.15, -0.1) is 0 Å². The molecule has 1 aromatic heterocycles. The first kappa shape index (κ1) is 19.9. The number of fused-ring (bicyclic) bond motifs is 1. The molecule has 3 amide bonds. The van der Waals surface area contributed by atoms with Crippen LogP contribution < -0.4 is 16.4 Å². The van der Waals surface area contributed by atoms with Gasteiger partial charge in [-0.2, -0.15) is 0 Å². The maximum absolute atomic E-state index is 12.6. The Morgan fingerprint density at radius 2 is 1.97 bits per heavy atom. The highest BCUT2D eigenvalue weighted by molar-refractivity contribution is 6.35. The molecular formula is C21H24N6O3. The SMILES string of the molecule is CN1CCN(CC(=O)c2c[nH]c(C=C3C(=O)Nc4ccc(NC(N)=O)cc43)c2)CC1. The maximum atomic E-state index is 12.6. The zero-order chi connectivity index (χ0) is 21.3. The number of amides is 3. The van der Waals surface area contributed by atoms with Crippen LogP contribution in [0.25, 0.3) is 11.6 Å². The fourth-order valence-corrected chi connectivity index (χ4v) is 3.66. The number of benzene rings is 1. The van der Waals surface area contributed by atoms with Crippen molar-refractivity contribution in [2.24, 2.45) is 5.73 Å². The van der Waals surface area contributed by atoms with Crippen LogP contribution in [0.1, 0.15) is 21.6 Å². The molecule has 3 heterocycles. The van der Waals surface area contributed by atoms with E-state index in [9.17, 15) is 14.4 Å². The first-order valence-corrected chi connectivity index (χ1v) is 9.75. The normalized spacial score (nSPS) is 18.3. The number of urea groups is 1. The van der Waals surface area contributed by atoms with Crippen LogP contribution in [0.5, 0.6) is 0 Å². The molecule has 0 radical (unpaired) electrons. The summed E-state index contributed by atoms with van der Waals surface area (Å²) in [5.74, 6) is -0.203. The maximum Gasteiger partial charge on any atom is 0.316 e. The van der Waals surface area contributed by atoms with E-state index in [4.69, 9.17) is 5.73 Å². The Bertz CT molecular complexity index is 1030. The first-order valence-electron chi connectivity index (χ1n) is 9.75. The van der Waals surface area contributed by atoms with Crippen molar-refractivity contribution in [3.63, 3.8) is 0 Å². The van der Waals surface area contributed by atoms with Crippen molar-refractivity contribution in [1.29, 1.82) is 0 Å². The monoisotopic (exact) mass is 408 g/mol. The summed E-state index contributed by atoms with van der Waals surface area (Å²) >= 11 is 0. The Hall–Kier alpha value is -3.43. The largest absolute Gasteiger partial charge is 0.361 e. The van der Waals surface area contributed by atoms with Crippen molar-refractivity contribution >= 4 is 40.7 Å². The van der Waals surface area contributed by atoms with Gasteiger partial charge in [0.2, 0.25) is 0 Å². The number of rotatable bonds is 5. The Kier molecular flexibility index (Phi) is 5.39. The highest BCUT2D eigenvalue weighted by Gasteiger charge is 2.25. The van der Waals surface area contributed by atoms with Gasteiger partial charge in [0.15, 0.2) is 5.78 Å². The summed E-state index contributed by atoms with van der Waals surface area (Å²) in [6.07, 6.45) is 3.37. The number of H-pyrrole nitrogens is 1. The van der Waals surface area contributed by atoms with Gasteiger partial charge in [-0.05, 0) is 37.4 Å². The van der Waals surface area contributed by atoms with Crippen LogP contribution in [0, 0.1) is 0 Å². The third-order valence-corrected chi connectivity index (χ3v) is 5.36. The number of primary amides is 1. The molecule has 30 heavy (non-hydrogen) atoms. The summed E-state index contributed by atoms with van der Waals surface area (Å²) in [7, 11) is 2.08. The number of aromatic amines is 1. The number of likely N-dealkylation sites (N-methyl/N-ethyl adjacent to an activating group) is 1. The number of aromatic nitrogens is 1. The van der Waals surface area contributed by atoms with Crippen LogP contribution in [0.4, 0.5) is 16.2 Å². The molecule has 0 saturated carbocycles. The predicted octanol–water partition coefficient (Wildman–Crippen LogP) is 1.43. The number of Topliss-reactive ketones (excluding diaryl/α,β-unsaturated/α-hetero) is 1. The van der Waals surface area contributed by atoms with Gasteiger partial charge in [0, 0.05) is 60.6 Å². The molecule has 0 aliphatic carbocycles. The Morgan fingerprint density at radius 1 is 1.20 bits per heavy atom. The summed E-state index contributed by atoms with van der Waals surface area (Å²) in [6.45, 7) is 4.05. The molecule has 1 saturated heterocycles. The van der Waals surface area contributed by atoms with E-state index in [1.165, 1.54) is 0 Å². The number of ketones is 1. The molecule has 2 aliphatic rings. The molecule has 0 atom stereocenters. The second-order valence-corrected chi connectivity index (χ2v) is 7.61. The van der Waals surface area contributed by atoms with Crippen molar-refractivity contribution in [3.8, 4) is 0 Å². The van der Waals surface area contributed by atoms with E-state index in [-0.39, 0.29) is 11.7 Å². The molecule has 2 aliphatic heterocycles. The van der Waals surface area contributed by atoms with Gasteiger partial charge in [0.05, 0.1) is 12.1 Å². The van der Waals surface area contributed by atoms with Crippen LogP contribution >= 0.6 is 0 Å². The first-order chi connectivity index (χ1) is 14.4. The highest BCUT2D eigenvalue weighted by Crippen LogP contribution is 2.35. The summed E-state index contributed by atoms with van der Waals surface area (Å²) in [5.41, 5.74) is 8.66. The topological polar surface area (TPSA) is 124 Å². The molecule has 1 fully saturated rings. The van der Waals surface area contributed by atoms with Crippen molar-refractivity contribution < 1.29 is 14.4 Å². The van der Waals surface area contributed by atoms with Crippen LogP contribution in [-0.2, 0) is 4.79 Å². The Morgan fingerprint density at radius 3 is 2.70 bits per heavy atom. The minimum absolute atomic E-state index is 0.0460. The second kappa shape index (κ2) is 8.13. The van der Waals surface area contributed by atoms with E-state index in [2.05, 4.69) is 32.5 Å². The van der Waals surface area contributed by atoms with Gasteiger partial charge in [0.25, 0.3) is 5.91 Å². The van der Waals surface area contributed by atoms with Gasteiger partial charge in [-0.1, -0.05) is 0 Å². The zero-order valence-electron chi connectivity index (χ0n) is 16.7. The van der Waals surface area contributed by atoms with Gasteiger partial charge in [0.1, 0.15) is 0 Å². The molecule has 0 unspecified atom stereocenters. The fourth-order valence-electron chi connectivity index (χ4n) is 3.66. The molecule has 0 bridgehead atoms. The van der Waals surface area contributed by atoms with Gasteiger partial charge < -0.3 is 26.3 Å². The summed E-state index contributed by atoms with van der Waals surface area (Å²) in [5, 5.41) is 5.30. The number of nitrogens with zero attached hydrogens (tertiary/aromatic N) is 2. The molecule has 156 valence electrons. The number of piperazine rings is 1. The smallest absolute Gasteiger partial charge is 0.316 e. The van der Waals surface area contributed by atoms with Gasteiger partial charge in [-0.3, -0.25) is 14.5 Å². The van der Waals surface area contributed by atoms with Crippen molar-refractivity contribution in [1.82, 2.24) is 14.8 Å². The lowest BCUT2D eigenvalue weighted by molar-refractivity contribution is -0.110. The van der Waals surface area contributed by atoms with E-state index in [0.29, 0.717) is 40.3 Å². The van der Waals surface area contributed by atoms with Crippen LogP contribution in [0.2, 0.25) is 0 Å². The number of nitrogens with one attached hydrogen (secondary N) is 3. The number of carbonyl (C=O) groups is 3. The van der Waals surface area contributed by atoms with Crippen molar-refractivity contribution in [2.45, 2.75) is 0 Å². The lowest BCUT2D eigenvalue weighted by atomic mass is 10.0. The molecule has 5 N–H and O–H groups in total. The Labute approximate surface area is 173 Å². The number of nitrogens with two attached hydrogens (primary N) is 1. The number of carbonyl (C=O) groups excluding carboxylic acids is 3. The molecular weight excluding hydrogens is 384 g/mol. The van der Waals surface area contributed by atoms with Crippen LogP contribution in [0.15, 0.2) is 30.5 Å². The lowest BCUT2D eigenvalue weighted by Gasteiger charge is -2.31. The van der Waals surface area contributed by atoms with E-state index < -0.39 is 6.03 Å². The zero-order valence-corrected chi connectivity index (χ0v) is 16.7. The average Bonchev–Trinajstić information content (AvgIpc) is 3.29. The summed E-state index contributed by atoms with van der Waals surface area (Å²) < 4.78 is 0. The van der Waals surface area contributed by atoms with E-state index in [0.717, 1.165) is 26.2 Å². The van der Waals surface area contributed by atoms with Crippen molar-refractivity contribution in [3.05, 3.63) is 47.3 Å². The van der Waals surface area contributed by atoms with E-state index in [1.807, 2.05) is 0 Å². The van der Waals surface area contributed by atoms with E-state index in [1.54, 1.807) is 36.5 Å². The summed E-state index contributed by atoms with van der Waals surface area (Å²) in [6, 6.07) is 6.13. The molecule has 9 heteroatoms. The quantitative estimate of drug-likeness (QED) is 0.440. The van der Waals surface area contributed by atoms with Gasteiger partial charge in [-0.25, -0.2) is 4.79 Å². The average molecular weight is 408 g/mol. The Balaban J connectivity index is 1.51.